The maximum absolute atomic E-state index is 4.05. The van der Waals surface area contributed by atoms with E-state index < -0.39 is 0 Å². The normalized spacial score (nSPS) is 20.4. The molecule has 0 saturated carbocycles. The molecule has 1 heterocycles. The van der Waals surface area contributed by atoms with Crippen LogP contribution in [0.4, 0.5) is 0 Å². The fourth-order valence-electron chi connectivity index (χ4n) is 4.34. The van der Waals surface area contributed by atoms with Crippen molar-refractivity contribution in [2.24, 2.45) is 0 Å². The van der Waals surface area contributed by atoms with E-state index in [1.54, 1.807) is 0 Å². The van der Waals surface area contributed by atoms with Crippen LogP contribution in [0.25, 0.3) is 0 Å². The Morgan fingerprint density at radius 1 is 0.778 bits per heavy atom. The van der Waals surface area contributed by atoms with Crippen LogP contribution < -0.4 is 5.09 Å². The Kier molecular flexibility index (Phi) is 8.33. The minimum Gasteiger partial charge on any atom is -0.302 e. The zero-order valence-electron chi connectivity index (χ0n) is 17.0. The number of hydrogen-bond donors (Lipinski definition) is 1. The van der Waals surface area contributed by atoms with E-state index in [1.165, 1.54) is 56.4 Å². The van der Waals surface area contributed by atoms with Crippen molar-refractivity contribution in [3.8, 4) is 0 Å². The van der Waals surface area contributed by atoms with E-state index in [0.29, 0.717) is 11.3 Å². The Balaban J connectivity index is 1.70. The van der Waals surface area contributed by atoms with Gasteiger partial charge < -0.3 is 4.90 Å². The minimum absolute atomic E-state index is 0.250. The first-order valence-corrected chi connectivity index (χ1v) is 12.2. The molecule has 0 aromatic heterocycles. The Morgan fingerprint density at radius 3 is 1.70 bits per heavy atom. The van der Waals surface area contributed by atoms with Gasteiger partial charge in [-0.15, -0.1) is 0 Å². The molecular weight excluding hydrogens is 347 g/mol. The van der Waals surface area contributed by atoms with Gasteiger partial charge >= 0.3 is 0 Å². The van der Waals surface area contributed by atoms with Crippen LogP contribution in [0.15, 0.2) is 60.7 Å². The third-order valence-corrected chi connectivity index (χ3v) is 8.60. The van der Waals surface area contributed by atoms with Crippen molar-refractivity contribution in [3.05, 3.63) is 71.8 Å². The van der Waals surface area contributed by atoms with Crippen LogP contribution in [-0.4, -0.2) is 31.1 Å². The molecule has 0 radical (unpaired) electrons. The first kappa shape index (κ1) is 20.5. The summed E-state index contributed by atoms with van der Waals surface area (Å²) in [6.07, 6.45) is 5.09. The molecule has 0 amide bonds. The fraction of sp³-hybridized carbons (Fsp3) is 0.500. The highest BCUT2D eigenvalue weighted by atomic mass is 31.1. The molecule has 0 spiro atoms. The monoisotopic (exact) mass is 382 g/mol. The Labute approximate surface area is 167 Å². The number of benzene rings is 2. The third-order valence-electron chi connectivity index (χ3n) is 5.56. The van der Waals surface area contributed by atoms with E-state index >= 15 is 0 Å². The van der Waals surface area contributed by atoms with Crippen LogP contribution in [0.3, 0.4) is 0 Å². The van der Waals surface area contributed by atoms with E-state index in [-0.39, 0.29) is 8.07 Å². The quantitative estimate of drug-likeness (QED) is 0.480. The van der Waals surface area contributed by atoms with Gasteiger partial charge in [0, 0.05) is 24.4 Å². The van der Waals surface area contributed by atoms with Crippen LogP contribution in [0.1, 0.15) is 62.0 Å². The Morgan fingerprint density at radius 2 is 1.26 bits per heavy atom. The molecule has 3 heteroatoms. The summed E-state index contributed by atoms with van der Waals surface area (Å²) in [6, 6.07) is 22.4. The lowest BCUT2D eigenvalue weighted by molar-refractivity contribution is 0.279. The summed E-state index contributed by atoms with van der Waals surface area (Å²) in [5, 5.41) is 4.05. The van der Waals surface area contributed by atoms with Gasteiger partial charge in [0.2, 0.25) is 0 Å². The lowest BCUT2D eigenvalue weighted by Crippen LogP contribution is -2.32. The summed E-state index contributed by atoms with van der Waals surface area (Å²) in [7, 11) is -0.250. The second-order valence-electron chi connectivity index (χ2n) is 7.59. The highest BCUT2D eigenvalue weighted by Gasteiger charge is 2.37. The van der Waals surface area contributed by atoms with Gasteiger partial charge in [-0.1, -0.05) is 74.5 Å². The summed E-state index contributed by atoms with van der Waals surface area (Å²) in [5.74, 6) is 0. The van der Waals surface area contributed by atoms with Crippen molar-refractivity contribution < 1.29 is 0 Å². The lowest BCUT2D eigenvalue weighted by atomic mass is 10.0. The van der Waals surface area contributed by atoms with Crippen LogP contribution in [0, 0.1) is 0 Å². The molecule has 1 N–H and O–H groups in total. The van der Waals surface area contributed by atoms with E-state index in [1.807, 2.05) is 0 Å². The van der Waals surface area contributed by atoms with Crippen molar-refractivity contribution in [2.45, 2.75) is 50.8 Å². The molecule has 2 nitrogen and oxygen atoms in total. The molecule has 27 heavy (non-hydrogen) atoms. The predicted molar refractivity (Wildman–Crippen MR) is 120 cm³/mol. The van der Waals surface area contributed by atoms with Gasteiger partial charge in [0.05, 0.1) is 0 Å². The first-order chi connectivity index (χ1) is 13.3. The second-order valence-corrected chi connectivity index (χ2v) is 9.96. The maximum atomic E-state index is 4.05. The van der Waals surface area contributed by atoms with Gasteiger partial charge in [-0.25, -0.2) is 0 Å². The standard InChI is InChI=1S/C24H35N2P/c1-3-18-26(19-4-2)20-17-25-27-23(21-11-7-5-8-12-21)15-16-24(27)22-13-9-6-10-14-22/h5-14,23-25H,3-4,15-20H2,1-2H3/t23-,24-/m0/s1. The largest absolute Gasteiger partial charge is 0.302 e. The molecule has 146 valence electrons. The van der Waals surface area contributed by atoms with Gasteiger partial charge in [0.25, 0.3) is 0 Å². The summed E-state index contributed by atoms with van der Waals surface area (Å²) < 4.78 is 0. The first-order valence-electron chi connectivity index (χ1n) is 10.7. The van der Waals surface area contributed by atoms with E-state index in [9.17, 15) is 0 Å². The molecule has 0 unspecified atom stereocenters. The lowest BCUT2D eigenvalue weighted by Gasteiger charge is -2.29. The highest BCUT2D eigenvalue weighted by Crippen LogP contribution is 2.67. The number of hydrogen-bond acceptors (Lipinski definition) is 2. The van der Waals surface area contributed by atoms with Crippen molar-refractivity contribution in [1.82, 2.24) is 9.99 Å². The maximum Gasteiger partial charge on any atom is 0.0178 e. The van der Waals surface area contributed by atoms with Crippen molar-refractivity contribution in [3.63, 3.8) is 0 Å². The van der Waals surface area contributed by atoms with Crippen LogP contribution in [0.2, 0.25) is 0 Å². The smallest absolute Gasteiger partial charge is 0.0178 e. The topological polar surface area (TPSA) is 15.3 Å². The molecule has 1 fully saturated rings. The summed E-state index contributed by atoms with van der Waals surface area (Å²) in [5.41, 5.74) is 4.40. The highest BCUT2D eigenvalue weighted by molar-refractivity contribution is 7.56. The van der Waals surface area contributed by atoms with Crippen molar-refractivity contribution in [1.29, 1.82) is 0 Å². The average molecular weight is 383 g/mol. The van der Waals surface area contributed by atoms with Crippen molar-refractivity contribution in [2.75, 3.05) is 26.2 Å². The van der Waals surface area contributed by atoms with Crippen LogP contribution in [0.5, 0.6) is 0 Å². The number of nitrogens with zero attached hydrogens (tertiary/aromatic N) is 1. The van der Waals surface area contributed by atoms with Gasteiger partial charge in [-0.05, 0) is 58.0 Å². The minimum atomic E-state index is -0.250. The number of rotatable bonds is 10. The molecule has 1 aliphatic rings. The Bertz CT molecular complexity index is 592. The van der Waals surface area contributed by atoms with Gasteiger partial charge in [0.1, 0.15) is 0 Å². The number of nitrogens with one attached hydrogen (secondary N) is 1. The molecule has 0 aliphatic carbocycles. The predicted octanol–water partition coefficient (Wildman–Crippen LogP) is 6.37. The SMILES string of the molecule is CCCN(CCC)CCNP1[C@H](c2ccccc2)CC[C@H]1c1ccccc1. The summed E-state index contributed by atoms with van der Waals surface area (Å²) >= 11 is 0. The fourth-order valence-corrected chi connectivity index (χ4v) is 7.42. The molecule has 2 aromatic carbocycles. The van der Waals surface area contributed by atoms with Gasteiger partial charge in [0.15, 0.2) is 0 Å². The summed E-state index contributed by atoms with van der Waals surface area (Å²) in [6.45, 7) is 9.29. The van der Waals surface area contributed by atoms with Gasteiger partial charge in [-0.3, -0.25) is 5.09 Å². The molecule has 2 aromatic rings. The Hall–Kier alpha value is -1.21. The van der Waals surface area contributed by atoms with Crippen LogP contribution in [-0.2, 0) is 0 Å². The van der Waals surface area contributed by atoms with E-state index in [4.69, 9.17) is 0 Å². The average Bonchev–Trinajstić information content (AvgIpc) is 3.13. The van der Waals surface area contributed by atoms with E-state index in [2.05, 4.69) is 84.5 Å². The van der Waals surface area contributed by atoms with Gasteiger partial charge in [-0.2, -0.15) is 0 Å². The molecule has 1 aliphatic heterocycles. The molecular formula is C24H35N2P. The molecule has 1 saturated heterocycles. The molecule has 2 atom stereocenters. The molecule has 3 rings (SSSR count). The summed E-state index contributed by atoms with van der Waals surface area (Å²) in [4.78, 5) is 2.62. The zero-order valence-corrected chi connectivity index (χ0v) is 17.9. The van der Waals surface area contributed by atoms with E-state index in [0.717, 1.165) is 6.54 Å². The molecule has 0 bridgehead atoms. The van der Waals surface area contributed by atoms with Crippen molar-refractivity contribution >= 4 is 8.07 Å². The second kappa shape index (κ2) is 11.0. The van der Waals surface area contributed by atoms with Crippen LogP contribution >= 0.6 is 8.07 Å². The zero-order chi connectivity index (χ0) is 18.9. The third kappa shape index (κ3) is 5.64.